The summed E-state index contributed by atoms with van der Waals surface area (Å²) in [4.78, 5) is 10.3. The third kappa shape index (κ3) is 4.02. The molecular formula is C12H16O3. The number of phenols is 1. The Morgan fingerprint density at radius 1 is 1.47 bits per heavy atom. The van der Waals surface area contributed by atoms with Gasteiger partial charge in [-0.1, -0.05) is 19.1 Å². The molecule has 0 aromatic heterocycles. The Morgan fingerprint density at radius 3 is 2.80 bits per heavy atom. The van der Waals surface area contributed by atoms with Crippen molar-refractivity contribution in [1.29, 1.82) is 0 Å². The lowest BCUT2D eigenvalue weighted by molar-refractivity contribution is -0.137. The Balaban J connectivity index is 2.46. The quantitative estimate of drug-likeness (QED) is 0.782. The highest BCUT2D eigenvalue weighted by Gasteiger charge is 2.07. The lowest BCUT2D eigenvalue weighted by Gasteiger charge is -2.11. The number of aromatic hydroxyl groups is 1. The number of hydrogen-bond acceptors (Lipinski definition) is 2. The van der Waals surface area contributed by atoms with E-state index < -0.39 is 5.97 Å². The fourth-order valence-corrected chi connectivity index (χ4v) is 1.56. The highest BCUT2D eigenvalue weighted by atomic mass is 16.4. The van der Waals surface area contributed by atoms with Crippen LogP contribution in [-0.4, -0.2) is 16.2 Å². The summed E-state index contributed by atoms with van der Waals surface area (Å²) in [5, 5.41) is 17.8. The van der Waals surface area contributed by atoms with Gasteiger partial charge >= 0.3 is 5.97 Å². The summed E-state index contributed by atoms with van der Waals surface area (Å²) < 4.78 is 0. The van der Waals surface area contributed by atoms with E-state index in [0.29, 0.717) is 6.42 Å². The molecule has 1 aromatic carbocycles. The normalized spacial score (nSPS) is 12.3. The predicted octanol–water partition coefficient (Wildman–Crippen LogP) is 2.75. The molecule has 1 atom stereocenters. The number of rotatable bonds is 5. The largest absolute Gasteiger partial charge is 0.508 e. The highest BCUT2D eigenvalue weighted by molar-refractivity contribution is 5.66. The molecule has 2 N–H and O–H groups in total. The van der Waals surface area contributed by atoms with Crippen LogP contribution in [0.3, 0.4) is 0 Å². The number of carboxylic acids is 1. The standard InChI is InChI=1S/C12H16O3/c1-9(4-2-7-12(14)15)10-5-3-6-11(13)8-10/h3,5-6,8-9,13H,2,4,7H2,1H3,(H,14,15). The summed E-state index contributed by atoms with van der Waals surface area (Å²) in [6.07, 6.45) is 1.71. The minimum atomic E-state index is -0.752. The van der Waals surface area contributed by atoms with E-state index in [1.54, 1.807) is 18.2 Å². The lowest BCUT2D eigenvalue weighted by Crippen LogP contribution is -1.98. The molecule has 15 heavy (non-hydrogen) atoms. The van der Waals surface area contributed by atoms with Crippen molar-refractivity contribution in [1.82, 2.24) is 0 Å². The van der Waals surface area contributed by atoms with Crippen molar-refractivity contribution in [2.24, 2.45) is 0 Å². The highest BCUT2D eigenvalue weighted by Crippen LogP contribution is 2.24. The maximum atomic E-state index is 10.3. The van der Waals surface area contributed by atoms with E-state index in [4.69, 9.17) is 5.11 Å². The van der Waals surface area contributed by atoms with E-state index in [9.17, 15) is 9.90 Å². The number of carboxylic acid groups (broad SMARTS) is 1. The Kier molecular flexibility index (Phi) is 4.16. The first-order valence-electron chi connectivity index (χ1n) is 5.10. The van der Waals surface area contributed by atoms with Crippen LogP contribution in [0.1, 0.15) is 37.7 Å². The smallest absolute Gasteiger partial charge is 0.303 e. The van der Waals surface area contributed by atoms with E-state index in [1.165, 1.54) is 0 Å². The molecule has 82 valence electrons. The topological polar surface area (TPSA) is 57.5 Å². The molecule has 0 saturated carbocycles. The summed E-state index contributed by atoms with van der Waals surface area (Å²) in [6, 6.07) is 7.11. The second-order valence-corrected chi connectivity index (χ2v) is 3.78. The van der Waals surface area contributed by atoms with Crippen LogP contribution in [0, 0.1) is 0 Å². The Bertz CT molecular complexity index is 333. The zero-order valence-corrected chi connectivity index (χ0v) is 8.81. The van der Waals surface area contributed by atoms with Crippen molar-refractivity contribution in [2.75, 3.05) is 0 Å². The summed E-state index contributed by atoms with van der Waals surface area (Å²) in [5.41, 5.74) is 1.06. The van der Waals surface area contributed by atoms with E-state index in [2.05, 4.69) is 0 Å². The molecule has 1 aromatic rings. The van der Waals surface area contributed by atoms with Crippen molar-refractivity contribution in [2.45, 2.75) is 32.1 Å². The van der Waals surface area contributed by atoms with Crippen molar-refractivity contribution >= 4 is 5.97 Å². The van der Waals surface area contributed by atoms with Crippen molar-refractivity contribution in [3.63, 3.8) is 0 Å². The molecule has 0 amide bonds. The van der Waals surface area contributed by atoms with E-state index in [1.807, 2.05) is 13.0 Å². The molecule has 0 aliphatic carbocycles. The SMILES string of the molecule is CC(CCCC(=O)O)c1cccc(O)c1. The third-order valence-electron chi connectivity index (χ3n) is 2.47. The molecule has 0 radical (unpaired) electrons. The first kappa shape index (κ1) is 11.6. The van der Waals surface area contributed by atoms with Gasteiger partial charge in [0.05, 0.1) is 0 Å². The molecule has 0 aliphatic heterocycles. The second kappa shape index (κ2) is 5.39. The fraction of sp³-hybridized carbons (Fsp3) is 0.417. The fourth-order valence-electron chi connectivity index (χ4n) is 1.56. The van der Waals surface area contributed by atoms with Gasteiger partial charge in [0.1, 0.15) is 5.75 Å². The van der Waals surface area contributed by atoms with Gasteiger partial charge in [-0.2, -0.15) is 0 Å². The number of aliphatic carboxylic acids is 1. The third-order valence-corrected chi connectivity index (χ3v) is 2.47. The van der Waals surface area contributed by atoms with Gasteiger partial charge in [-0.3, -0.25) is 4.79 Å². The molecule has 1 rings (SSSR count). The summed E-state index contributed by atoms with van der Waals surface area (Å²) in [5.74, 6) is -0.202. The molecular weight excluding hydrogens is 192 g/mol. The molecule has 1 unspecified atom stereocenters. The molecule has 3 heteroatoms. The minimum absolute atomic E-state index is 0.211. The van der Waals surface area contributed by atoms with Crippen LogP contribution >= 0.6 is 0 Å². The van der Waals surface area contributed by atoms with Crippen LogP contribution in [0.5, 0.6) is 5.75 Å². The molecule has 3 nitrogen and oxygen atoms in total. The van der Waals surface area contributed by atoms with Crippen LogP contribution in [-0.2, 0) is 4.79 Å². The van der Waals surface area contributed by atoms with Crippen LogP contribution in [0.15, 0.2) is 24.3 Å². The van der Waals surface area contributed by atoms with Crippen molar-refractivity contribution in [3.05, 3.63) is 29.8 Å². The van der Waals surface area contributed by atoms with E-state index in [0.717, 1.165) is 12.0 Å². The number of benzene rings is 1. The van der Waals surface area contributed by atoms with Gasteiger partial charge in [-0.25, -0.2) is 0 Å². The second-order valence-electron chi connectivity index (χ2n) is 3.78. The minimum Gasteiger partial charge on any atom is -0.508 e. The molecule has 0 bridgehead atoms. The summed E-state index contributed by atoms with van der Waals surface area (Å²) in [7, 11) is 0. The zero-order chi connectivity index (χ0) is 11.3. The number of phenolic OH excluding ortho intramolecular Hbond substituents is 1. The molecule has 0 saturated heterocycles. The van der Waals surface area contributed by atoms with Gasteiger partial charge in [-0.15, -0.1) is 0 Å². The van der Waals surface area contributed by atoms with Crippen LogP contribution in [0.2, 0.25) is 0 Å². The summed E-state index contributed by atoms with van der Waals surface area (Å²) in [6.45, 7) is 2.04. The predicted molar refractivity (Wildman–Crippen MR) is 58.0 cm³/mol. The van der Waals surface area contributed by atoms with Gasteiger partial charge in [0.25, 0.3) is 0 Å². The average Bonchev–Trinajstić information content (AvgIpc) is 2.17. The van der Waals surface area contributed by atoms with Gasteiger partial charge in [0.15, 0.2) is 0 Å². The number of hydrogen-bond donors (Lipinski definition) is 2. The average molecular weight is 208 g/mol. The lowest BCUT2D eigenvalue weighted by atomic mass is 9.95. The summed E-state index contributed by atoms with van der Waals surface area (Å²) >= 11 is 0. The molecule has 0 heterocycles. The van der Waals surface area contributed by atoms with Crippen molar-refractivity contribution < 1.29 is 15.0 Å². The Hall–Kier alpha value is -1.51. The van der Waals surface area contributed by atoms with Crippen LogP contribution < -0.4 is 0 Å². The Morgan fingerprint density at radius 2 is 2.20 bits per heavy atom. The van der Waals surface area contributed by atoms with Crippen LogP contribution in [0.4, 0.5) is 0 Å². The van der Waals surface area contributed by atoms with E-state index >= 15 is 0 Å². The molecule has 0 spiro atoms. The monoisotopic (exact) mass is 208 g/mol. The van der Waals surface area contributed by atoms with Gasteiger partial charge in [-0.05, 0) is 36.5 Å². The maximum absolute atomic E-state index is 10.3. The van der Waals surface area contributed by atoms with Gasteiger partial charge in [0, 0.05) is 6.42 Å². The number of carbonyl (C=O) groups is 1. The Labute approximate surface area is 89.4 Å². The van der Waals surface area contributed by atoms with Gasteiger partial charge in [0.2, 0.25) is 0 Å². The molecule has 0 aliphatic rings. The molecule has 0 fully saturated rings. The van der Waals surface area contributed by atoms with Crippen LogP contribution in [0.25, 0.3) is 0 Å². The first-order valence-corrected chi connectivity index (χ1v) is 5.10. The van der Waals surface area contributed by atoms with Crippen molar-refractivity contribution in [3.8, 4) is 5.75 Å². The van der Waals surface area contributed by atoms with E-state index in [-0.39, 0.29) is 18.1 Å². The maximum Gasteiger partial charge on any atom is 0.303 e. The first-order chi connectivity index (χ1) is 7.09. The van der Waals surface area contributed by atoms with Gasteiger partial charge < -0.3 is 10.2 Å². The zero-order valence-electron chi connectivity index (χ0n) is 8.81.